The van der Waals surface area contributed by atoms with Crippen LogP contribution < -0.4 is 16.0 Å². The zero-order valence-electron chi connectivity index (χ0n) is 28.4. The standard InChI is InChI=1S/C36H51N7O3/c1-36(2,3)33-22-32(41(5)39-33)35(45)43(29-13-11-28(37)12-14-29)23-25-8-7-9-26(20-25)27-10-15-31(42-18-16-40(4)17-19-42)30(21-27)38-34(44)24-46-6/h7-10,15,20-22,28-29H,11-14,16-19,23-24,37H2,1-6H3,(H,38,44). The van der Waals surface area contributed by atoms with Gasteiger partial charge in [-0.15, -0.1) is 0 Å². The summed E-state index contributed by atoms with van der Waals surface area (Å²) in [5.74, 6) is -0.189. The van der Waals surface area contributed by atoms with E-state index in [0.29, 0.717) is 12.2 Å². The minimum absolute atomic E-state index is 0.00366. The fourth-order valence-electron chi connectivity index (χ4n) is 6.46. The van der Waals surface area contributed by atoms with E-state index in [2.05, 4.69) is 79.3 Å². The molecule has 3 N–H and O–H groups in total. The second kappa shape index (κ2) is 14.4. The number of carbonyl (C=O) groups is 2. The third kappa shape index (κ3) is 7.97. The van der Waals surface area contributed by atoms with E-state index in [9.17, 15) is 9.59 Å². The summed E-state index contributed by atoms with van der Waals surface area (Å²) in [6.45, 7) is 10.5. The molecule has 2 aromatic carbocycles. The number of methoxy groups -OCH3 is 1. The molecule has 0 atom stereocenters. The second-order valence-electron chi connectivity index (χ2n) is 14.0. The average Bonchev–Trinajstić information content (AvgIpc) is 3.43. The highest BCUT2D eigenvalue weighted by molar-refractivity contribution is 5.96. The molecule has 1 aromatic heterocycles. The highest BCUT2D eigenvalue weighted by atomic mass is 16.5. The number of aromatic nitrogens is 2. The molecular formula is C36H51N7O3. The van der Waals surface area contributed by atoms with Gasteiger partial charge in [0.05, 0.1) is 17.1 Å². The minimum Gasteiger partial charge on any atom is -0.375 e. The molecule has 3 aromatic rings. The molecule has 2 heterocycles. The average molecular weight is 630 g/mol. The number of hydrogen-bond acceptors (Lipinski definition) is 7. The molecule has 10 heteroatoms. The Morgan fingerprint density at radius 2 is 1.67 bits per heavy atom. The largest absolute Gasteiger partial charge is 0.375 e. The molecule has 0 spiro atoms. The van der Waals surface area contributed by atoms with E-state index in [1.165, 1.54) is 7.11 Å². The smallest absolute Gasteiger partial charge is 0.272 e. The molecule has 10 nitrogen and oxygen atoms in total. The van der Waals surface area contributed by atoms with Gasteiger partial charge < -0.3 is 30.5 Å². The van der Waals surface area contributed by atoms with Gasteiger partial charge in [-0.2, -0.15) is 5.10 Å². The van der Waals surface area contributed by atoms with Crippen molar-refractivity contribution in [3.63, 3.8) is 0 Å². The number of rotatable bonds is 9. The molecule has 1 aliphatic carbocycles. The first-order valence-corrected chi connectivity index (χ1v) is 16.5. The summed E-state index contributed by atoms with van der Waals surface area (Å²) in [7, 11) is 5.51. The Hall–Kier alpha value is -3.73. The summed E-state index contributed by atoms with van der Waals surface area (Å²) in [6, 6.07) is 16.9. The van der Waals surface area contributed by atoms with Crippen LogP contribution in [0.25, 0.3) is 11.1 Å². The van der Waals surface area contributed by atoms with Crippen LogP contribution >= 0.6 is 0 Å². The fraction of sp³-hybridized carbons (Fsp3) is 0.528. The predicted octanol–water partition coefficient (Wildman–Crippen LogP) is 4.63. The van der Waals surface area contributed by atoms with Crippen molar-refractivity contribution < 1.29 is 14.3 Å². The molecule has 2 aliphatic rings. The number of nitrogens with two attached hydrogens (primary N) is 1. The van der Waals surface area contributed by atoms with Gasteiger partial charge in [0.1, 0.15) is 12.3 Å². The Balaban J connectivity index is 1.45. The number of nitrogens with zero attached hydrogens (tertiary/aromatic N) is 5. The summed E-state index contributed by atoms with van der Waals surface area (Å²) in [5.41, 5.74) is 12.5. The highest BCUT2D eigenvalue weighted by Gasteiger charge is 2.31. The number of hydrogen-bond donors (Lipinski definition) is 2. The van der Waals surface area contributed by atoms with Crippen LogP contribution in [-0.2, 0) is 28.5 Å². The number of amides is 2. The van der Waals surface area contributed by atoms with E-state index in [4.69, 9.17) is 15.6 Å². The van der Waals surface area contributed by atoms with Gasteiger partial charge in [0, 0.05) is 64.4 Å². The van der Waals surface area contributed by atoms with Gasteiger partial charge in [0.15, 0.2) is 0 Å². The topological polar surface area (TPSA) is 109 Å². The Kier molecular flexibility index (Phi) is 10.5. The third-order valence-electron chi connectivity index (χ3n) is 9.31. The predicted molar refractivity (Wildman–Crippen MR) is 184 cm³/mol. The van der Waals surface area contributed by atoms with Crippen molar-refractivity contribution in [3.05, 3.63) is 65.5 Å². The Labute approximate surface area is 273 Å². The summed E-state index contributed by atoms with van der Waals surface area (Å²) >= 11 is 0. The number of piperazine rings is 1. The van der Waals surface area contributed by atoms with Crippen LogP contribution in [0.1, 0.15) is 68.2 Å². The normalized spacial score (nSPS) is 19.2. The van der Waals surface area contributed by atoms with Crippen LogP contribution in [0.15, 0.2) is 48.5 Å². The molecule has 1 saturated heterocycles. The zero-order valence-corrected chi connectivity index (χ0v) is 28.4. The Morgan fingerprint density at radius 3 is 2.33 bits per heavy atom. The highest BCUT2D eigenvalue weighted by Crippen LogP contribution is 2.34. The maximum absolute atomic E-state index is 14.2. The van der Waals surface area contributed by atoms with Crippen molar-refractivity contribution in [1.29, 1.82) is 0 Å². The van der Waals surface area contributed by atoms with Crippen molar-refractivity contribution in [2.24, 2.45) is 12.8 Å². The molecule has 2 amide bonds. The number of likely N-dealkylation sites (N-methyl/N-ethyl adjacent to an activating group) is 1. The van der Waals surface area contributed by atoms with Gasteiger partial charge in [-0.3, -0.25) is 14.3 Å². The lowest BCUT2D eigenvalue weighted by Gasteiger charge is -2.36. The third-order valence-corrected chi connectivity index (χ3v) is 9.31. The van der Waals surface area contributed by atoms with Gasteiger partial charge in [0.25, 0.3) is 5.91 Å². The summed E-state index contributed by atoms with van der Waals surface area (Å²) in [4.78, 5) is 33.5. The molecule has 46 heavy (non-hydrogen) atoms. The molecular weight excluding hydrogens is 578 g/mol. The minimum atomic E-state index is -0.185. The number of benzene rings is 2. The van der Waals surface area contributed by atoms with E-state index in [0.717, 1.165) is 85.6 Å². The Bertz CT molecular complexity index is 1510. The monoisotopic (exact) mass is 629 g/mol. The van der Waals surface area contributed by atoms with Crippen molar-refractivity contribution in [2.45, 2.75) is 70.5 Å². The number of ether oxygens (including phenoxy) is 1. The van der Waals surface area contributed by atoms with Crippen LogP contribution in [0.2, 0.25) is 0 Å². The van der Waals surface area contributed by atoms with Crippen LogP contribution in [0, 0.1) is 0 Å². The summed E-state index contributed by atoms with van der Waals surface area (Å²) in [6.07, 6.45) is 3.58. The second-order valence-corrected chi connectivity index (χ2v) is 14.0. The number of nitrogens with one attached hydrogen (secondary N) is 1. The maximum atomic E-state index is 14.2. The van der Waals surface area contributed by atoms with Crippen LogP contribution in [-0.4, -0.2) is 90.4 Å². The lowest BCUT2D eigenvalue weighted by atomic mass is 9.90. The van der Waals surface area contributed by atoms with Crippen LogP contribution in [0.4, 0.5) is 11.4 Å². The molecule has 2 fully saturated rings. The van der Waals surface area contributed by atoms with Gasteiger partial charge in [-0.1, -0.05) is 45.0 Å². The summed E-state index contributed by atoms with van der Waals surface area (Å²) in [5, 5.41) is 7.78. The van der Waals surface area contributed by atoms with E-state index in [-0.39, 0.29) is 35.9 Å². The van der Waals surface area contributed by atoms with Gasteiger partial charge in [-0.25, -0.2) is 0 Å². The fourth-order valence-corrected chi connectivity index (χ4v) is 6.46. The Morgan fingerprint density at radius 1 is 0.978 bits per heavy atom. The van der Waals surface area contributed by atoms with E-state index in [1.54, 1.807) is 4.68 Å². The summed E-state index contributed by atoms with van der Waals surface area (Å²) < 4.78 is 6.82. The van der Waals surface area contributed by atoms with Gasteiger partial charge in [0.2, 0.25) is 5.91 Å². The molecule has 0 radical (unpaired) electrons. The first-order chi connectivity index (χ1) is 21.9. The first kappa shape index (κ1) is 33.6. The number of anilines is 2. The van der Waals surface area contributed by atoms with Crippen molar-refractivity contribution in [2.75, 3.05) is 57.2 Å². The molecule has 0 unspecified atom stereocenters. The molecule has 5 rings (SSSR count). The molecule has 0 bridgehead atoms. The van der Waals surface area contributed by atoms with E-state index >= 15 is 0 Å². The molecule has 1 saturated carbocycles. The van der Waals surface area contributed by atoms with E-state index in [1.807, 2.05) is 24.1 Å². The SMILES string of the molecule is COCC(=O)Nc1cc(-c2cccc(CN(C(=O)c3cc(C(C)(C)C)nn3C)C3CCC(N)CC3)c2)ccc1N1CCN(C)CC1. The zero-order chi connectivity index (χ0) is 33.0. The number of carbonyl (C=O) groups excluding carboxylic acids is 2. The lowest BCUT2D eigenvalue weighted by Crippen LogP contribution is -2.44. The van der Waals surface area contributed by atoms with E-state index < -0.39 is 0 Å². The van der Waals surface area contributed by atoms with Crippen molar-refractivity contribution in [1.82, 2.24) is 19.6 Å². The lowest BCUT2D eigenvalue weighted by molar-refractivity contribution is -0.119. The number of aryl methyl sites for hydroxylation is 1. The quantitative estimate of drug-likeness (QED) is 0.355. The van der Waals surface area contributed by atoms with Crippen LogP contribution in [0.5, 0.6) is 0 Å². The first-order valence-electron chi connectivity index (χ1n) is 16.5. The van der Waals surface area contributed by atoms with Crippen molar-refractivity contribution in [3.8, 4) is 11.1 Å². The van der Waals surface area contributed by atoms with Gasteiger partial charge in [-0.05, 0) is 73.7 Å². The van der Waals surface area contributed by atoms with Crippen molar-refractivity contribution >= 4 is 23.2 Å². The van der Waals surface area contributed by atoms with Gasteiger partial charge >= 0.3 is 0 Å². The molecule has 248 valence electrons. The maximum Gasteiger partial charge on any atom is 0.272 e. The molecule has 1 aliphatic heterocycles. The van der Waals surface area contributed by atoms with Crippen LogP contribution in [0.3, 0.4) is 0 Å².